The van der Waals surface area contributed by atoms with Gasteiger partial charge in [0.1, 0.15) is 0 Å². The van der Waals surface area contributed by atoms with Crippen LogP contribution in [0.2, 0.25) is 0 Å². The van der Waals surface area contributed by atoms with E-state index in [2.05, 4.69) is 36.1 Å². The Morgan fingerprint density at radius 2 is 2.12 bits per heavy atom. The molecule has 0 amide bonds. The monoisotopic (exact) mass is 243 g/mol. The summed E-state index contributed by atoms with van der Waals surface area (Å²) in [6.45, 7) is 9.55. The molecular weight excluding hydrogens is 214 g/mol. The average Bonchev–Trinajstić information content (AvgIpc) is 2.53. The van der Waals surface area contributed by atoms with Crippen molar-refractivity contribution in [1.29, 1.82) is 0 Å². The minimum atomic E-state index is 0.717. The highest BCUT2D eigenvalue weighted by Crippen LogP contribution is 2.04. The van der Waals surface area contributed by atoms with Crippen LogP contribution in [0.5, 0.6) is 0 Å². The Morgan fingerprint density at radius 3 is 2.82 bits per heavy atom. The summed E-state index contributed by atoms with van der Waals surface area (Å²) in [5.74, 6) is 0. The Hall–Kier alpha value is -0.160. The summed E-state index contributed by atoms with van der Waals surface area (Å²) in [5.41, 5.74) is 0. The molecule has 1 heterocycles. The smallest absolute Gasteiger partial charge is 0.0594 e. The summed E-state index contributed by atoms with van der Waals surface area (Å²) in [6, 6.07) is 0.717. The predicted octanol–water partition coefficient (Wildman–Crippen LogP) is 0.639. The van der Waals surface area contributed by atoms with Crippen LogP contribution in [0.15, 0.2) is 0 Å². The van der Waals surface area contributed by atoms with Gasteiger partial charge in [0, 0.05) is 32.2 Å². The Labute approximate surface area is 106 Å². The second-order valence-electron chi connectivity index (χ2n) is 5.11. The fourth-order valence-electron chi connectivity index (χ4n) is 2.09. The van der Waals surface area contributed by atoms with Gasteiger partial charge in [0.05, 0.1) is 13.2 Å². The van der Waals surface area contributed by atoms with Gasteiger partial charge in [-0.1, -0.05) is 6.92 Å². The van der Waals surface area contributed by atoms with E-state index < -0.39 is 0 Å². The van der Waals surface area contributed by atoms with Gasteiger partial charge in [-0.05, 0) is 33.5 Å². The Balaban J connectivity index is 2.03. The van der Waals surface area contributed by atoms with Gasteiger partial charge >= 0.3 is 0 Å². The predicted molar refractivity (Wildman–Crippen MR) is 72.5 cm³/mol. The van der Waals surface area contributed by atoms with Crippen LogP contribution in [0.25, 0.3) is 0 Å². The van der Waals surface area contributed by atoms with Crippen molar-refractivity contribution in [3.8, 4) is 0 Å². The largest absolute Gasteiger partial charge is 0.379 e. The Bertz CT molecular complexity index is 188. The van der Waals surface area contributed by atoms with Gasteiger partial charge in [-0.15, -0.1) is 0 Å². The van der Waals surface area contributed by atoms with Crippen molar-refractivity contribution < 1.29 is 4.74 Å². The molecular formula is C13H29N3O. The van der Waals surface area contributed by atoms with Crippen LogP contribution >= 0.6 is 0 Å². The van der Waals surface area contributed by atoms with Crippen molar-refractivity contribution >= 4 is 0 Å². The first-order valence-electron chi connectivity index (χ1n) is 6.90. The van der Waals surface area contributed by atoms with E-state index in [1.54, 1.807) is 0 Å². The summed E-state index contributed by atoms with van der Waals surface area (Å²) < 4.78 is 5.64. The second-order valence-corrected chi connectivity index (χ2v) is 5.11. The van der Waals surface area contributed by atoms with Crippen LogP contribution < -0.4 is 5.32 Å². The average molecular weight is 243 g/mol. The third kappa shape index (κ3) is 6.99. The molecule has 0 radical (unpaired) electrons. The Kier molecular flexibility index (Phi) is 7.77. The highest BCUT2D eigenvalue weighted by molar-refractivity contribution is 4.73. The third-order valence-corrected chi connectivity index (χ3v) is 3.38. The van der Waals surface area contributed by atoms with E-state index >= 15 is 0 Å². The van der Waals surface area contributed by atoms with Crippen molar-refractivity contribution in [2.24, 2.45) is 0 Å². The number of likely N-dealkylation sites (N-methyl/N-ethyl adjacent to an activating group) is 1. The second kappa shape index (κ2) is 8.86. The van der Waals surface area contributed by atoms with E-state index in [-0.39, 0.29) is 0 Å². The highest BCUT2D eigenvalue weighted by atomic mass is 16.5. The molecule has 1 atom stereocenters. The van der Waals surface area contributed by atoms with Gasteiger partial charge < -0.3 is 15.0 Å². The van der Waals surface area contributed by atoms with Crippen LogP contribution in [0.4, 0.5) is 0 Å². The van der Waals surface area contributed by atoms with Crippen molar-refractivity contribution in [2.45, 2.75) is 25.8 Å². The lowest BCUT2D eigenvalue weighted by atomic mass is 10.1. The summed E-state index contributed by atoms with van der Waals surface area (Å²) in [5, 5.41) is 3.59. The van der Waals surface area contributed by atoms with E-state index in [4.69, 9.17) is 4.74 Å². The number of hydrogen-bond donors (Lipinski definition) is 1. The summed E-state index contributed by atoms with van der Waals surface area (Å²) in [4.78, 5) is 4.67. The van der Waals surface area contributed by atoms with Gasteiger partial charge in [0.2, 0.25) is 0 Å². The van der Waals surface area contributed by atoms with Crippen LogP contribution in [0.3, 0.4) is 0 Å². The zero-order valence-corrected chi connectivity index (χ0v) is 11.7. The summed E-state index contributed by atoms with van der Waals surface area (Å²) >= 11 is 0. The molecule has 1 unspecified atom stereocenters. The van der Waals surface area contributed by atoms with Crippen LogP contribution in [-0.2, 0) is 4.74 Å². The van der Waals surface area contributed by atoms with E-state index in [1.165, 1.54) is 19.4 Å². The lowest BCUT2D eigenvalue weighted by Crippen LogP contribution is -2.32. The molecule has 0 aliphatic carbocycles. The maximum Gasteiger partial charge on any atom is 0.0594 e. The van der Waals surface area contributed by atoms with Crippen molar-refractivity contribution in [1.82, 2.24) is 15.1 Å². The first-order valence-corrected chi connectivity index (χ1v) is 6.90. The third-order valence-electron chi connectivity index (χ3n) is 3.38. The Morgan fingerprint density at radius 1 is 1.29 bits per heavy atom. The molecule has 0 aromatic heterocycles. The van der Waals surface area contributed by atoms with Crippen molar-refractivity contribution in [3.63, 3.8) is 0 Å². The fraction of sp³-hybridized carbons (Fsp3) is 1.00. The summed E-state index contributed by atoms with van der Waals surface area (Å²) in [7, 11) is 4.16. The molecule has 4 nitrogen and oxygen atoms in total. The molecule has 4 heteroatoms. The topological polar surface area (TPSA) is 27.7 Å². The minimum Gasteiger partial charge on any atom is -0.379 e. The zero-order chi connectivity index (χ0) is 12.5. The molecule has 0 saturated carbocycles. The zero-order valence-electron chi connectivity index (χ0n) is 11.7. The van der Waals surface area contributed by atoms with E-state index in [0.717, 1.165) is 45.4 Å². The summed E-state index contributed by atoms with van der Waals surface area (Å²) in [6.07, 6.45) is 2.52. The number of ether oxygens (including phenoxy) is 1. The van der Waals surface area contributed by atoms with Crippen LogP contribution in [-0.4, -0.2) is 75.9 Å². The molecule has 1 aliphatic rings. The quantitative estimate of drug-likeness (QED) is 0.664. The molecule has 1 aliphatic heterocycles. The van der Waals surface area contributed by atoms with Gasteiger partial charge in [0.25, 0.3) is 0 Å². The normalized spacial score (nSPS) is 22.9. The lowest BCUT2D eigenvalue weighted by Gasteiger charge is -2.19. The van der Waals surface area contributed by atoms with Gasteiger partial charge in [-0.25, -0.2) is 0 Å². The number of hydrogen-bond acceptors (Lipinski definition) is 4. The van der Waals surface area contributed by atoms with E-state index in [1.807, 2.05) is 0 Å². The van der Waals surface area contributed by atoms with Gasteiger partial charge in [-0.2, -0.15) is 0 Å². The molecule has 1 N–H and O–H groups in total. The van der Waals surface area contributed by atoms with E-state index in [0.29, 0.717) is 0 Å². The molecule has 0 bridgehead atoms. The minimum absolute atomic E-state index is 0.717. The lowest BCUT2D eigenvalue weighted by molar-refractivity contribution is 0.0939. The van der Waals surface area contributed by atoms with E-state index in [9.17, 15) is 0 Å². The molecule has 1 fully saturated rings. The highest BCUT2D eigenvalue weighted by Gasteiger charge is 2.14. The molecule has 1 rings (SSSR count). The molecule has 1 saturated heterocycles. The van der Waals surface area contributed by atoms with Crippen LogP contribution in [0.1, 0.15) is 19.8 Å². The molecule has 0 spiro atoms. The SMILES string of the molecule is CCC1CCN(CCOCCN(C)C)CCN1. The van der Waals surface area contributed by atoms with Crippen molar-refractivity contribution in [2.75, 3.05) is 60.0 Å². The van der Waals surface area contributed by atoms with Crippen molar-refractivity contribution in [3.05, 3.63) is 0 Å². The first-order chi connectivity index (χ1) is 8.22. The fourth-order valence-corrected chi connectivity index (χ4v) is 2.09. The number of rotatable bonds is 7. The molecule has 17 heavy (non-hydrogen) atoms. The number of nitrogens with zero attached hydrogens (tertiary/aromatic N) is 2. The molecule has 0 aromatic carbocycles. The molecule has 0 aromatic rings. The maximum absolute atomic E-state index is 5.64. The van der Waals surface area contributed by atoms with Crippen LogP contribution in [0, 0.1) is 0 Å². The number of nitrogens with one attached hydrogen (secondary N) is 1. The van der Waals surface area contributed by atoms with Gasteiger partial charge in [-0.3, -0.25) is 4.90 Å². The van der Waals surface area contributed by atoms with Gasteiger partial charge in [0.15, 0.2) is 0 Å². The maximum atomic E-state index is 5.64. The molecule has 102 valence electrons. The standard InChI is InChI=1S/C13H29N3O/c1-4-13-5-7-16(8-6-14-13)10-12-17-11-9-15(2)3/h13-14H,4-12H2,1-3H3. The first kappa shape index (κ1) is 14.9.